The van der Waals surface area contributed by atoms with Crippen molar-refractivity contribution in [1.29, 1.82) is 0 Å². The molecule has 276 valence electrons. The van der Waals surface area contributed by atoms with Crippen molar-refractivity contribution in [2.75, 3.05) is 4.90 Å². The van der Waals surface area contributed by atoms with Gasteiger partial charge in [-0.05, 0) is 97.7 Å². The largest absolute Gasteiger partial charge is 0.455 e. The maximum absolute atomic E-state index is 7.19. The average Bonchev–Trinajstić information content (AvgIpc) is 3.60. The molecular weight excluding hydrogens is 715 g/mol. The van der Waals surface area contributed by atoms with E-state index in [-0.39, 0.29) is 0 Å². The third kappa shape index (κ3) is 5.06. The van der Waals surface area contributed by atoms with Crippen LogP contribution in [0, 0.1) is 0 Å². The zero-order valence-electron chi connectivity index (χ0n) is 32.2. The summed E-state index contributed by atoms with van der Waals surface area (Å²) in [7, 11) is 0. The summed E-state index contributed by atoms with van der Waals surface area (Å²) in [6, 6.07) is 81.6. The summed E-state index contributed by atoms with van der Waals surface area (Å²) in [4.78, 5) is 2.35. The molecule has 0 unspecified atom stereocenters. The molecule has 2 heteroatoms. The summed E-state index contributed by atoms with van der Waals surface area (Å²) >= 11 is 0. The number of para-hydroxylation sites is 1. The Hall–Kier alpha value is -7.68. The van der Waals surface area contributed by atoms with Gasteiger partial charge in [0.25, 0.3) is 0 Å². The lowest BCUT2D eigenvalue weighted by atomic mass is 9.65. The molecule has 12 rings (SSSR count). The number of benzene rings is 10. The summed E-state index contributed by atoms with van der Waals surface area (Å²) < 4.78 is 7.19. The molecule has 59 heavy (non-hydrogen) atoms. The minimum absolute atomic E-state index is 0.604. The van der Waals surface area contributed by atoms with Crippen LogP contribution in [0.5, 0.6) is 11.5 Å². The topological polar surface area (TPSA) is 12.5 Å². The maximum Gasteiger partial charge on any atom is 0.140 e. The van der Waals surface area contributed by atoms with Crippen LogP contribution in [-0.4, -0.2) is 0 Å². The Morgan fingerprint density at radius 3 is 1.53 bits per heavy atom. The summed E-state index contributed by atoms with van der Waals surface area (Å²) in [5.41, 5.74) is 14.8. The van der Waals surface area contributed by atoms with Crippen molar-refractivity contribution in [3.05, 3.63) is 247 Å². The SMILES string of the molecule is c1ccc(-c2ccc(N(c3ccccc3)c3cccc(-c4ccc5c(c4)C4(c6ccccc6-5)c5ccc6ccccc6c5Oc5c4ccc4ccccc54)c3)cc2)cc1. The molecule has 10 aromatic rings. The molecule has 2 nitrogen and oxygen atoms in total. The van der Waals surface area contributed by atoms with Crippen LogP contribution in [0.4, 0.5) is 17.1 Å². The van der Waals surface area contributed by atoms with E-state index in [0.717, 1.165) is 44.9 Å². The monoisotopic (exact) mass is 751 g/mol. The lowest BCUT2D eigenvalue weighted by molar-refractivity contribution is 0.447. The molecule has 0 amide bonds. The molecule has 0 atom stereocenters. The highest BCUT2D eigenvalue weighted by molar-refractivity contribution is 6.00. The second-order valence-corrected chi connectivity index (χ2v) is 15.6. The molecule has 1 heterocycles. The summed E-state index contributed by atoms with van der Waals surface area (Å²) in [5, 5.41) is 4.57. The number of ether oxygens (including phenoxy) is 1. The van der Waals surface area contributed by atoms with Crippen molar-refractivity contribution in [3.63, 3.8) is 0 Å². The van der Waals surface area contributed by atoms with Crippen LogP contribution >= 0.6 is 0 Å². The molecule has 0 saturated heterocycles. The molecule has 10 aromatic carbocycles. The van der Waals surface area contributed by atoms with Gasteiger partial charge in [-0.25, -0.2) is 0 Å². The van der Waals surface area contributed by atoms with Gasteiger partial charge in [0.15, 0.2) is 0 Å². The van der Waals surface area contributed by atoms with Crippen LogP contribution in [0.2, 0.25) is 0 Å². The van der Waals surface area contributed by atoms with E-state index in [0.29, 0.717) is 0 Å². The van der Waals surface area contributed by atoms with Crippen LogP contribution < -0.4 is 9.64 Å². The molecular formula is C57H37NO. The van der Waals surface area contributed by atoms with Crippen LogP contribution in [0.15, 0.2) is 224 Å². The fraction of sp³-hybridized carbons (Fsp3) is 0.0175. The van der Waals surface area contributed by atoms with E-state index in [1.165, 1.54) is 60.8 Å². The van der Waals surface area contributed by atoms with Crippen molar-refractivity contribution >= 4 is 38.6 Å². The highest BCUT2D eigenvalue weighted by atomic mass is 16.5. The Kier molecular flexibility index (Phi) is 7.48. The number of hydrogen-bond acceptors (Lipinski definition) is 2. The Labute approximate surface area is 343 Å². The van der Waals surface area contributed by atoms with Gasteiger partial charge in [0.2, 0.25) is 0 Å². The second-order valence-electron chi connectivity index (χ2n) is 15.6. The van der Waals surface area contributed by atoms with Crippen molar-refractivity contribution in [2.24, 2.45) is 0 Å². The summed E-state index contributed by atoms with van der Waals surface area (Å²) in [6.45, 7) is 0. The predicted octanol–water partition coefficient (Wildman–Crippen LogP) is 15.3. The van der Waals surface area contributed by atoms with Crippen LogP contribution in [0.3, 0.4) is 0 Å². The Bertz CT molecular complexity index is 3160. The van der Waals surface area contributed by atoms with E-state index in [9.17, 15) is 0 Å². The van der Waals surface area contributed by atoms with E-state index >= 15 is 0 Å². The molecule has 0 fully saturated rings. The first kappa shape index (κ1) is 33.5. The lowest BCUT2D eigenvalue weighted by Gasteiger charge is -2.40. The molecule has 1 aliphatic carbocycles. The van der Waals surface area contributed by atoms with E-state index < -0.39 is 5.41 Å². The Balaban J connectivity index is 1.07. The minimum atomic E-state index is -0.604. The first-order chi connectivity index (χ1) is 29.3. The fourth-order valence-corrected chi connectivity index (χ4v) is 9.87. The highest BCUT2D eigenvalue weighted by Gasteiger charge is 2.51. The zero-order chi connectivity index (χ0) is 38.9. The molecule has 0 bridgehead atoms. The van der Waals surface area contributed by atoms with Crippen molar-refractivity contribution in [3.8, 4) is 44.9 Å². The normalized spacial score (nSPS) is 13.0. The molecule has 2 aliphatic rings. The van der Waals surface area contributed by atoms with Gasteiger partial charge in [-0.1, -0.05) is 182 Å². The van der Waals surface area contributed by atoms with Gasteiger partial charge < -0.3 is 9.64 Å². The van der Waals surface area contributed by atoms with Crippen LogP contribution in [0.1, 0.15) is 22.3 Å². The predicted molar refractivity (Wildman–Crippen MR) is 244 cm³/mol. The van der Waals surface area contributed by atoms with Gasteiger partial charge in [-0.3, -0.25) is 0 Å². The Morgan fingerprint density at radius 1 is 0.305 bits per heavy atom. The number of rotatable bonds is 5. The van der Waals surface area contributed by atoms with Crippen LogP contribution in [0.25, 0.3) is 54.9 Å². The fourth-order valence-electron chi connectivity index (χ4n) is 9.87. The standard InChI is InChI=1S/C57H37NO/c1-3-14-38(15-4-1)39-26-31-45(32-27-39)58(44-19-5-2-6-20-44)46-21-13-18-42(36-46)43-28-33-50-49-24-11-12-25-51(49)57(54(50)37-43)52-34-29-40-16-7-9-22-47(40)55(52)59-56-48-23-10-8-17-41(48)30-35-53(56)57/h1-37H. The number of hydrogen-bond donors (Lipinski definition) is 0. The first-order valence-corrected chi connectivity index (χ1v) is 20.3. The lowest BCUT2D eigenvalue weighted by Crippen LogP contribution is -2.32. The van der Waals surface area contributed by atoms with E-state index in [1.54, 1.807) is 0 Å². The Morgan fingerprint density at radius 2 is 0.814 bits per heavy atom. The third-order valence-corrected chi connectivity index (χ3v) is 12.5. The molecule has 0 radical (unpaired) electrons. The van der Waals surface area contributed by atoms with Gasteiger partial charge in [0, 0.05) is 39.0 Å². The van der Waals surface area contributed by atoms with Crippen LogP contribution in [-0.2, 0) is 5.41 Å². The summed E-state index contributed by atoms with van der Waals surface area (Å²) in [5.74, 6) is 1.86. The quantitative estimate of drug-likeness (QED) is 0.174. The third-order valence-electron chi connectivity index (χ3n) is 12.5. The van der Waals surface area contributed by atoms with Crippen molar-refractivity contribution in [1.82, 2.24) is 0 Å². The molecule has 0 N–H and O–H groups in total. The molecule has 0 aromatic heterocycles. The zero-order valence-corrected chi connectivity index (χ0v) is 32.2. The van der Waals surface area contributed by atoms with Gasteiger partial charge in [-0.2, -0.15) is 0 Å². The van der Waals surface area contributed by atoms with E-state index in [4.69, 9.17) is 4.74 Å². The smallest absolute Gasteiger partial charge is 0.140 e. The van der Waals surface area contributed by atoms with Crippen molar-refractivity contribution in [2.45, 2.75) is 5.41 Å². The van der Waals surface area contributed by atoms with E-state index in [2.05, 4.69) is 229 Å². The van der Waals surface area contributed by atoms with Crippen molar-refractivity contribution < 1.29 is 4.74 Å². The highest BCUT2D eigenvalue weighted by Crippen LogP contribution is 2.64. The second kappa shape index (κ2) is 13.2. The van der Waals surface area contributed by atoms with E-state index in [1.807, 2.05) is 0 Å². The number of fused-ring (bicyclic) bond motifs is 13. The maximum atomic E-state index is 7.19. The van der Waals surface area contributed by atoms with Gasteiger partial charge >= 0.3 is 0 Å². The van der Waals surface area contributed by atoms with Gasteiger partial charge in [-0.15, -0.1) is 0 Å². The first-order valence-electron chi connectivity index (χ1n) is 20.3. The number of nitrogens with zero attached hydrogens (tertiary/aromatic N) is 1. The molecule has 1 aliphatic heterocycles. The van der Waals surface area contributed by atoms with Gasteiger partial charge in [0.05, 0.1) is 5.41 Å². The number of anilines is 3. The van der Waals surface area contributed by atoms with Gasteiger partial charge in [0.1, 0.15) is 11.5 Å². The minimum Gasteiger partial charge on any atom is -0.455 e. The molecule has 1 spiro atoms. The summed E-state index contributed by atoms with van der Waals surface area (Å²) in [6.07, 6.45) is 0. The average molecular weight is 752 g/mol. The molecule has 0 saturated carbocycles.